The average molecular weight is 353 g/mol. The Balaban J connectivity index is 2.31. The van der Waals surface area contributed by atoms with E-state index in [9.17, 15) is 4.79 Å². The second-order valence-corrected chi connectivity index (χ2v) is 5.79. The number of hydrogen-bond donors (Lipinski definition) is 2. The number of rotatable bonds is 6. The van der Waals surface area contributed by atoms with Gasteiger partial charge in [0.05, 0.1) is 18.3 Å². The molecule has 0 bridgehead atoms. The Kier molecular flexibility index (Phi) is 5.01. The van der Waals surface area contributed by atoms with Gasteiger partial charge >= 0.3 is 5.97 Å². The Morgan fingerprint density at radius 2 is 2.24 bits per heavy atom. The van der Waals surface area contributed by atoms with E-state index >= 15 is 0 Å². The van der Waals surface area contributed by atoms with E-state index in [4.69, 9.17) is 9.84 Å². The predicted molar refractivity (Wildman–Crippen MR) is 85.9 cm³/mol. The van der Waals surface area contributed by atoms with Crippen LogP contribution in [0.1, 0.15) is 19.8 Å². The number of ether oxygens (including phenoxy) is 1. The number of aromatic nitrogens is 1. The lowest BCUT2D eigenvalue weighted by molar-refractivity contribution is -0.137. The molecule has 1 heterocycles. The Morgan fingerprint density at radius 1 is 1.48 bits per heavy atom. The summed E-state index contributed by atoms with van der Waals surface area (Å²) in [5.74, 6) is -0.0588. The lowest BCUT2D eigenvalue weighted by Crippen LogP contribution is -2.17. The maximum atomic E-state index is 10.6. The van der Waals surface area contributed by atoms with Gasteiger partial charge in [-0.3, -0.25) is 9.78 Å². The summed E-state index contributed by atoms with van der Waals surface area (Å²) in [5.41, 5.74) is 1.68. The number of methoxy groups -OCH3 is 1. The molecule has 2 aromatic rings. The molecule has 112 valence electrons. The van der Waals surface area contributed by atoms with Crippen LogP contribution in [0.4, 0.5) is 5.69 Å². The smallest absolute Gasteiger partial charge is 0.303 e. The Labute approximate surface area is 131 Å². The number of hydrogen-bond acceptors (Lipinski definition) is 4. The number of nitrogens with one attached hydrogen (secondary N) is 1. The van der Waals surface area contributed by atoms with Crippen LogP contribution >= 0.6 is 15.9 Å². The highest BCUT2D eigenvalue weighted by Crippen LogP contribution is 2.30. The fourth-order valence-electron chi connectivity index (χ4n) is 2.10. The molecule has 21 heavy (non-hydrogen) atoms. The minimum Gasteiger partial charge on any atom is -0.497 e. The molecule has 0 aliphatic carbocycles. The van der Waals surface area contributed by atoms with Crippen molar-refractivity contribution in [3.05, 3.63) is 28.9 Å². The van der Waals surface area contributed by atoms with Gasteiger partial charge in [-0.15, -0.1) is 0 Å². The van der Waals surface area contributed by atoms with E-state index in [1.807, 2.05) is 25.1 Å². The van der Waals surface area contributed by atoms with Crippen LogP contribution in [0.3, 0.4) is 0 Å². The first kappa shape index (κ1) is 15.6. The first-order valence-electron chi connectivity index (χ1n) is 6.61. The highest BCUT2D eigenvalue weighted by Gasteiger charge is 2.11. The van der Waals surface area contributed by atoms with Gasteiger partial charge in [-0.2, -0.15) is 0 Å². The fourth-order valence-corrected chi connectivity index (χ4v) is 2.45. The van der Waals surface area contributed by atoms with E-state index in [0.29, 0.717) is 6.42 Å². The van der Waals surface area contributed by atoms with E-state index in [2.05, 4.69) is 26.2 Å². The van der Waals surface area contributed by atoms with Crippen molar-refractivity contribution < 1.29 is 14.6 Å². The molecular weight excluding hydrogens is 336 g/mol. The van der Waals surface area contributed by atoms with E-state index < -0.39 is 5.97 Å². The Morgan fingerprint density at radius 3 is 2.90 bits per heavy atom. The van der Waals surface area contributed by atoms with Crippen LogP contribution in [-0.2, 0) is 4.79 Å². The van der Waals surface area contributed by atoms with Crippen LogP contribution in [0.15, 0.2) is 28.9 Å². The topological polar surface area (TPSA) is 71.5 Å². The number of anilines is 1. The van der Waals surface area contributed by atoms with Crippen LogP contribution in [-0.4, -0.2) is 29.2 Å². The van der Waals surface area contributed by atoms with Crippen molar-refractivity contribution in [2.75, 3.05) is 12.4 Å². The van der Waals surface area contributed by atoms with Crippen LogP contribution in [0.2, 0.25) is 0 Å². The lowest BCUT2D eigenvalue weighted by atomic mass is 10.1. The number of benzene rings is 1. The molecule has 1 atom stereocenters. The fraction of sp³-hybridized carbons (Fsp3) is 0.333. The number of halogens is 1. The molecule has 0 saturated heterocycles. The van der Waals surface area contributed by atoms with Crippen molar-refractivity contribution in [2.24, 2.45) is 0 Å². The van der Waals surface area contributed by atoms with Crippen LogP contribution in [0.5, 0.6) is 5.75 Å². The summed E-state index contributed by atoms with van der Waals surface area (Å²) >= 11 is 3.41. The van der Waals surface area contributed by atoms with Crippen molar-refractivity contribution in [1.29, 1.82) is 0 Å². The van der Waals surface area contributed by atoms with Gasteiger partial charge in [0.2, 0.25) is 0 Å². The first-order chi connectivity index (χ1) is 9.99. The van der Waals surface area contributed by atoms with Crippen LogP contribution in [0, 0.1) is 0 Å². The quantitative estimate of drug-likeness (QED) is 0.829. The number of carboxylic acid groups (broad SMARTS) is 1. The Bertz CT molecular complexity index is 661. The summed E-state index contributed by atoms with van der Waals surface area (Å²) in [4.78, 5) is 15.1. The van der Waals surface area contributed by atoms with Crippen molar-refractivity contribution in [1.82, 2.24) is 4.98 Å². The molecule has 0 spiro atoms. The number of pyridine rings is 1. The third-order valence-electron chi connectivity index (χ3n) is 3.15. The SMILES string of the molecule is COc1cc(NC(C)CCC(=O)O)c2ncc(Br)cc2c1. The number of nitrogens with zero attached hydrogens (tertiary/aromatic N) is 1. The molecule has 0 amide bonds. The molecule has 1 unspecified atom stereocenters. The molecule has 0 aliphatic rings. The minimum absolute atomic E-state index is 0.0295. The molecule has 1 aromatic heterocycles. The first-order valence-corrected chi connectivity index (χ1v) is 7.40. The standard InChI is InChI=1S/C15H17BrN2O3/c1-9(3-4-14(19)20)18-13-7-12(21-2)6-10-5-11(16)8-17-15(10)13/h5-9,18H,3-4H2,1-2H3,(H,19,20). The molecular formula is C15H17BrN2O3. The molecule has 6 heteroatoms. The second-order valence-electron chi connectivity index (χ2n) is 4.88. The van der Waals surface area contributed by atoms with Gasteiger partial charge < -0.3 is 15.2 Å². The minimum atomic E-state index is -0.791. The van der Waals surface area contributed by atoms with Gasteiger partial charge in [0.15, 0.2) is 0 Å². The normalized spacial score (nSPS) is 12.1. The number of fused-ring (bicyclic) bond motifs is 1. The van der Waals surface area contributed by atoms with Crippen molar-refractivity contribution in [2.45, 2.75) is 25.8 Å². The zero-order chi connectivity index (χ0) is 15.4. The molecule has 0 fully saturated rings. The van der Waals surface area contributed by atoms with E-state index in [1.54, 1.807) is 13.3 Å². The van der Waals surface area contributed by atoms with E-state index in [0.717, 1.165) is 26.8 Å². The molecule has 1 aromatic carbocycles. The van der Waals surface area contributed by atoms with Gasteiger partial charge in [0, 0.05) is 34.6 Å². The van der Waals surface area contributed by atoms with Crippen molar-refractivity contribution >= 4 is 38.5 Å². The van der Waals surface area contributed by atoms with E-state index in [-0.39, 0.29) is 12.5 Å². The highest BCUT2D eigenvalue weighted by atomic mass is 79.9. The number of carboxylic acids is 1. The molecule has 0 aliphatic heterocycles. The molecule has 0 saturated carbocycles. The summed E-state index contributed by atoms with van der Waals surface area (Å²) in [7, 11) is 1.62. The maximum absolute atomic E-state index is 10.6. The summed E-state index contributed by atoms with van der Waals surface area (Å²) in [6, 6.07) is 5.79. The predicted octanol–water partition coefficient (Wildman–Crippen LogP) is 3.67. The maximum Gasteiger partial charge on any atom is 0.303 e. The van der Waals surface area contributed by atoms with Gasteiger partial charge in [-0.25, -0.2) is 0 Å². The number of aliphatic carboxylic acids is 1. The van der Waals surface area contributed by atoms with Crippen LogP contribution in [0.25, 0.3) is 10.9 Å². The zero-order valence-electron chi connectivity index (χ0n) is 11.9. The van der Waals surface area contributed by atoms with Crippen LogP contribution < -0.4 is 10.1 Å². The second kappa shape index (κ2) is 6.76. The highest BCUT2D eigenvalue weighted by molar-refractivity contribution is 9.10. The third-order valence-corrected chi connectivity index (χ3v) is 3.59. The molecule has 2 rings (SSSR count). The zero-order valence-corrected chi connectivity index (χ0v) is 13.5. The summed E-state index contributed by atoms with van der Waals surface area (Å²) in [6.45, 7) is 1.95. The molecule has 5 nitrogen and oxygen atoms in total. The van der Waals surface area contributed by atoms with Gasteiger partial charge in [0.1, 0.15) is 5.75 Å². The van der Waals surface area contributed by atoms with Gasteiger partial charge in [-0.1, -0.05) is 0 Å². The molecule has 0 radical (unpaired) electrons. The summed E-state index contributed by atoms with van der Waals surface area (Å²) < 4.78 is 6.20. The van der Waals surface area contributed by atoms with Crippen molar-refractivity contribution in [3.8, 4) is 5.75 Å². The Hall–Kier alpha value is -1.82. The van der Waals surface area contributed by atoms with Gasteiger partial charge in [0.25, 0.3) is 0 Å². The third kappa shape index (κ3) is 4.07. The largest absolute Gasteiger partial charge is 0.497 e. The average Bonchev–Trinajstić information content (AvgIpc) is 2.44. The van der Waals surface area contributed by atoms with E-state index in [1.165, 1.54) is 0 Å². The summed E-state index contributed by atoms with van der Waals surface area (Å²) in [6.07, 6.45) is 2.42. The number of carbonyl (C=O) groups is 1. The van der Waals surface area contributed by atoms with Gasteiger partial charge in [-0.05, 0) is 41.4 Å². The lowest BCUT2D eigenvalue weighted by Gasteiger charge is -2.17. The van der Waals surface area contributed by atoms with Crippen molar-refractivity contribution in [3.63, 3.8) is 0 Å². The molecule has 2 N–H and O–H groups in total. The monoisotopic (exact) mass is 352 g/mol. The summed E-state index contributed by atoms with van der Waals surface area (Å²) in [5, 5.41) is 13.0.